The van der Waals surface area contributed by atoms with Crippen LogP contribution in [-0.4, -0.2) is 33.9 Å². The van der Waals surface area contributed by atoms with Crippen molar-refractivity contribution >= 4 is 11.6 Å². The molecule has 0 atom stereocenters. The first kappa shape index (κ1) is 10.9. The number of nitrogens with zero attached hydrogens (tertiary/aromatic N) is 3. The van der Waals surface area contributed by atoms with Crippen molar-refractivity contribution in [3.05, 3.63) is 24.4 Å². The zero-order valence-corrected chi connectivity index (χ0v) is 9.77. The highest BCUT2D eigenvalue weighted by molar-refractivity contribution is 5.43. The summed E-state index contributed by atoms with van der Waals surface area (Å²) in [6.45, 7) is 4.69. The lowest BCUT2D eigenvalue weighted by Gasteiger charge is -2.23. The van der Waals surface area contributed by atoms with Gasteiger partial charge >= 0.3 is 0 Å². The molecule has 0 unspecified atom stereocenters. The smallest absolute Gasteiger partial charge is 0.243 e. The molecule has 0 aliphatic heterocycles. The molecule has 16 heavy (non-hydrogen) atoms. The normalized spacial score (nSPS) is 11.9. The number of nitrogens with one attached hydrogen (secondary N) is 1. The lowest BCUT2D eigenvalue weighted by Crippen LogP contribution is -2.36. The summed E-state index contributed by atoms with van der Waals surface area (Å²) in [7, 11) is 1.68. The van der Waals surface area contributed by atoms with Crippen molar-refractivity contribution in [3.8, 4) is 0 Å². The second-order valence-corrected chi connectivity index (χ2v) is 4.38. The van der Waals surface area contributed by atoms with Crippen molar-refractivity contribution in [3.63, 3.8) is 0 Å². The molecule has 2 heterocycles. The number of aromatic nitrogens is 3. The molecule has 2 aromatic rings. The van der Waals surface area contributed by atoms with Gasteiger partial charge in [-0.3, -0.25) is 0 Å². The number of rotatable bonds is 4. The average Bonchev–Trinajstić information content (AvgIpc) is 2.58. The number of pyridine rings is 1. The van der Waals surface area contributed by atoms with E-state index in [1.165, 1.54) is 0 Å². The molecule has 2 rings (SSSR count). The van der Waals surface area contributed by atoms with E-state index in [0.29, 0.717) is 12.6 Å². The van der Waals surface area contributed by atoms with Crippen LogP contribution in [0.25, 0.3) is 5.65 Å². The van der Waals surface area contributed by atoms with Gasteiger partial charge in [-0.1, -0.05) is 6.07 Å². The molecule has 5 heteroatoms. The van der Waals surface area contributed by atoms with E-state index in [9.17, 15) is 0 Å². The Labute approximate surface area is 94.4 Å². The van der Waals surface area contributed by atoms with Gasteiger partial charge in [-0.15, -0.1) is 5.10 Å². The Morgan fingerprint density at radius 3 is 2.94 bits per heavy atom. The van der Waals surface area contributed by atoms with E-state index >= 15 is 0 Å². The maximum Gasteiger partial charge on any atom is 0.243 e. The summed E-state index contributed by atoms with van der Waals surface area (Å²) in [5.41, 5.74) is 0.651. The number of methoxy groups -OCH3 is 1. The summed E-state index contributed by atoms with van der Waals surface area (Å²) < 4.78 is 6.87. The highest BCUT2D eigenvalue weighted by Crippen LogP contribution is 2.12. The first-order chi connectivity index (χ1) is 7.61. The molecule has 0 amide bonds. The van der Waals surface area contributed by atoms with Gasteiger partial charge in [0.2, 0.25) is 5.95 Å². The van der Waals surface area contributed by atoms with Crippen LogP contribution in [0.5, 0.6) is 0 Å². The van der Waals surface area contributed by atoms with Crippen molar-refractivity contribution in [1.82, 2.24) is 14.6 Å². The van der Waals surface area contributed by atoms with Crippen LogP contribution < -0.4 is 5.32 Å². The van der Waals surface area contributed by atoms with Gasteiger partial charge in [0.25, 0.3) is 0 Å². The van der Waals surface area contributed by atoms with E-state index in [-0.39, 0.29) is 5.54 Å². The second kappa shape index (κ2) is 4.09. The molecule has 0 saturated heterocycles. The number of anilines is 1. The minimum absolute atomic E-state index is 0.181. The van der Waals surface area contributed by atoms with Crippen LogP contribution in [0.2, 0.25) is 0 Å². The van der Waals surface area contributed by atoms with Crippen molar-refractivity contribution < 1.29 is 4.74 Å². The van der Waals surface area contributed by atoms with Crippen molar-refractivity contribution in [2.75, 3.05) is 19.0 Å². The molecule has 0 saturated carbocycles. The maximum atomic E-state index is 5.13. The van der Waals surface area contributed by atoms with Gasteiger partial charge in [-0.05, 0) is 26.0 Å². The monoisotopic (exact) mass is 220 g/mol. The third kappa shape index (κ3) is 2.30. The van der Waals surface area contributed by atoms with Gasteiger partial charge in [-0.2, -0.15) is 4.98 Å². The number of hydrogen-bond acceptors (Lipinski definition) is 4. The standard InChI is InChI=1S/C11H16N4O/c1-11(2,8-16-3)13-10-12-9-6-4-5-7-15(9)14-10/h4-7H,8H2,1-3H3,(H,13,14). The largest absolute Gasteiger partial charge is 0.382 e. The predicted octanol–water partition coefficient (Wildman–Crippen LogP) is 1.57. The Morgan fingerprint density at radius 1 is 1.44 bits per heavy atom. The minimum atomic E-state index is -0.181. The third-order valence-electron chi connectivity index (χ3n) is 2.20. The lowest BCUT2D eigenvalue weighted by atomic mass is 10.1. The molecule has 0 aliphatic carbocycles. The summed E-state index contributed by atoms with van der Waals surface area (Å²) >= 11 is 0. The van der Waals surface area contributed by atoms with Gasteiger partial charge in [0.05, 0.1) is 12.1 Å². The molecular formula is C11H16N4O. The van der Waals surface area contributed by atoms with Crippen LogP contribution >= 0.6 is 0 Å². The van der Waals surface area contributed by atoms with Crippen molar-refractivity contribution in [1.29, 1.82) is 0 Å². The number of fused-ring (bicyclic) bond motifs is 1. The lowest BCUT2D eigenvalue weighted by molar-refractivity contribution is 0.158. The highest BCUT2D eigenvalue weighted by atomic mass is 16.5. The summed E-state index contributed by atoms with van der Waals surface area (Å²) in [6, 6.07) is 5.78. The Kier molecular flexibility index (Phi) is 2.78. The molecule has 0 radical (unpaired) electrons. The van der Waals surface area contributed by atoms with Gasteiger partial charge in [0.1, 0.15) is 0 Å². The molecule has 1 N–H and O–H groups in total. The summed E-state index contributed by atoms with van der Waals surface area (Å²) in [5.74, 6) is 0.619. The maximum absolute atomic E-state index is 5.13. The molecule has 0 fully saturated rings. The summed E-state index contributed by atoms with van der Waals surface area (Å²) in [6.07, 6.45) is 1.87. The molecule has 86 valence electrons. The molecule has 5 nitrogen and oxygen atoms in total. The first-order valence-electron chi connectivity index (χ1n) is 5.19. The molecular weight excluding hydrogens is 204 g/mol. The van der Waals surface area contributed by atoms with E-state index < -0.39 is 0 Å². The van der Waals surface area contributed by atoms with Gasteiger partial charge in [0, 0.05) is 13.3 Å². The van der Waals surface area contributed by atoms with E-state index in [4.69, 9.17) is 4.74 Å². The van der Waals surface area contributed by atoms with Crippen LogP contribution in [0.1, 0.15) is 13.8 Å². The Bertz CT molecular complexity index is 445. The van der Waals surface area contributed by atoms with Crippen LogP contribution in [0.3, 0.4) is 0 Å². The Hall–Kier alpha value is -1.62. The molecule has 0 aliphatic rings. The van der Waals surface area contributed by atoms with E-state index in [1.807, 2.05) is 38.2 Å². The summed E-state index contributed by atoms with van der Waals surface area (Å²) in [4.78, 5) is 4.37. The van der Waals surface area contributed by atoms with Crippen LogP contribution in [0.15, 0.2) is 24.4 Å². The minimum Gasteiger partial charge on any atom is -0.382 e. The molecule has 0 bridgehead atoms. The van der Waals surface area contributed by atoms with Crippen LogP contribution in [0, 0.1) is 0 Å². The quantitative estimate of drug-likeness (QED) is 0.849. The number of hydrogen-bond donors (Lipinski definition) is 1. The fraction of sp³-hybridized carbons (Fsp3) is 0.455. The van der Waals surface area contributed by atoms with Crippen LogP contribution in [0.4, 0.5) is 5.95 Å². The fourth-order valence-corrected chi connectivity index (χ4v) is 1.58. The predicted molar refractivity (Wildman–Crippen MR) is 62.6 cm³/mol. The Morgan fingerprint density at radius 2 is 2.25 bits per heavy atom. The topological polar surface area (TPSA) is 51.5 Å². The fourth-order valence-electron chi connectivity index (χ4n) is 1.58. The molecule has 0 spiro atoms. The SMILES string of the molecule is COCC(C)(C)Nc1nc2ccccn2n1. The first-order valence-corrected chi connectivity index (χ1v) is 5.19. The molecule has 0 aromatic carbocycles. The number of ether oxygens (including phenoxy) is 1. The highest BCUT2D eigenvalue weighted by Gasteiger charge is 2.19. The zero-order chi connectivity index (χ0) is 11.6. The second-order valence-electron chi connectivity index (χ2n) is 4.38. The van der Waals surface area contributed by atoms with E-state index in [0.717, 1.165) is 5.65 Å². The van der Waals surface area contributed by atoms with Crippen molar-refractivity contribution in [2.45, 2.75) is 19.4 Å². The summed E-state index contributed by atoms with van der Waals surface area (Å²) in [5, 5.41) is 7.56. The van der Waals surface area contributed by atoms with Gasteiger partial charge in [0.15, 0.2) is 5.65 Å². The third-order valence-corrected chi connectivity index (χ3v) is 2.20. The van der Waals surface area contributed by atoms with Gasteiger partial charge in [-0.25, -0.2) is 4.52 Å². The van der Waals surface area contributed by atoms with E-state index in [1.54, 1.807) is 11.6 Å². The Balaban J connectivity index is 2.21. The van der Waals surface area contributed by atoms with Crippen LogP contribution in [-0.2, 0) is 4.74 Å². The van der Waals surface area contributed by atoms with E-state index in [2.05, 4.69) is 15.4 Å². The zero-order valence-electron chi connectivity index (χ0n) is 9.77. The van der Waals surface area contributed by atoms with Crippen molar-refractivity contribution in [2.24, 2.45) is 0 Å². The van der Waals surface area contributed by atoms with Gasteiger partial charge < -0.3 is 10.1 Å². The average molecular weight is 220 g/mol. The molecule has 2 aromatic heterocycles.